The van der Waals surface area contributed by atoms with Crippen LogP contribution in [0.2, 0.25) is 0 Å². The summed E-state index contributed by atoms with van der Waals surface area (Å²) >= 11 is 3.17. The molecule has 0 saturated heterocycles. The summed E-state index contributed by atoms with van der Waals surface area (Å²) < 4.78 is 7.19. The molecular formula is C17H15N5OS2. The highest BCUT2D eigenvalue weighted by Gasteiger charge is 2.14. The van der Waals surface area contributed by atoms with Gasteiger partial charge in [-0.15, -0.1) is 16.4 Å². The van der Waals surface area contributed by atoms with Crippen LogP contribution < -0.4 is 0 Å². The van der Waals surface area contributed by atoms with Crippen LogP contribution in [0.1, 0.15) is 16.8 Å². The van der Waals surface area contributed by atoms with E-state index in [0.29, 0.717) is 5.75 Å². The summed E-state index contributed by atoms with van der Waals surface area (Å²) in [4.78, 5) is 1.07. The maximum absolute atomic E-state index is 5.42. The van der Waals surface area contributed by atoms with Crippen LogP contribution in [0.25, 0.3) is 16.3 Å². The first-order chi connectivity index (χ1) is 12.2. The summed E-state index contributed by atoms with van der Waals surface area (Å²) in [7, 11) is 0. The lowest BCUT2D eigenvalue weighted by Gasteiger charge is -2.08. The molecule has 1 aromatic carbocycles. The van der Waals surface area contributed by atoms with Crippen molar-refractivity contribution in [3.05, 3.63) is 58.6 Å². The topological polar surface area (TPSA) is 69.6 Å². The molecule has 4 rings (SSSR count). The zero-order chi connectivity index (χ0) is 17.2. The predicted molar refractivity (Wildman–Crippen MR) is 98.0 cm³/mol. The third-order valence-corrected chi connectivity index (χ3v) is 5.54. The SMILES string of the molecule is Cc1ccc(C)c(-n2nnnc2SCc2cc(-c3cccs3)on2)c1. The number of aryl methyl sites for hydroxylation is 2. The number of hydrogen-bond donors (Lipinski definition) is 0. The molecule has 0 radical (unpaired) electrons. The van der Waals surface area contributed by atoms with Crippen molar-refractivity contribution in [1.82, 2.24) is 25.4 Å². The van der Waals surface area contributed by atoms with E-state index in [1.165, 1.54) is 17.3 Å². The minimum Gasteiger partial charge on any atom is -0.355 e. The molecule has 0 aliphatic rings. The van der Waals surface area contributed by atoms with E-state index < -0.39 is 0 Å². The van der Waals surface area contributed by atoms with Crippen molar-refractivity contribution < 1.29 is 4.52 Å². The zero-order valence-electron chi connectivity index (χ0n) is 13.7. The molecular weight excluding hydrogens is 354 g/mol. The van der Waals surface area contributed by atoms with Crippen molar-refractivity contribution in [2.24, 2.45) is 0 Å². The Hall–Kier alpha value is -2.45. The van der Waals surface area contributed by atoms with Crippen LogP contribution in [0.15, 0.2) is 51.5 Å². The second-order valence-corrected chi connectivity index (χ2v) is 7.50. The zero-order valence-corrected chi connectivity index (χ0v) is 15.3. The Kier molecular flexibility index (Phi) is 4.37. The van der Waals surface area contributed by atoms with Crippen LogP contribution >= 0.6 is 23.1 Å². The van der Waals surface area contributed by atoms with E-state index in [2.05, 4.69) is 52.7 Å². The van der Waals surface area contributed by atoms with E-state index >= 15 is 0 Å². The molecule has 4 aromatic rings. The van der Waals surface area contributed by atoms with Crippen molar-refractivity contribution in [1.29, 1.82) is 0 Å². The highest BCUT2D eigenvalue weighted by Crippen LogP contribution is 2.28. The maximum Gasteiger partial charge on any atom is 0.214 e. The Morgan fingerprint density at radius 2 is 2.12 bits per heavy atom. The fraction of sp³-hybridized carbons (Fsp3) is 0.176. The van der Waals surface area contributed by atoms with E-state index in [1.807, 2.05) is 23.6 Å². The van der Waals surface area contributed by atoms with Gasteiger partial charge in [-0.2, -0.15) is 4.68 Å². The molecule has 0 N–H and O–H groups in total. The molecule has 0 unspecified atom stereocenters. The van der Waals surface area contributed by atoms with Crippen molar-refractivity contribution >= 4 is 23.1 Å². The van der Waals surface area contributed by atoms with E-state index in [4.69, 9.17) is 4.52 Å². The van der Waals surface area contributed by atoms with E-state index in [1.54, 1.807) is 16.0 Å². The molecule has 0 amide bonds. The monoisotopic (exact) mass is 369 g/mol. The normalized spacial score (nSPS) is 11.1. The average molecular weight is 369 g/mol. The molecule has 0 bridgehead atoms. The summed E-state index contributed by atoms with van der Waals surface area (Å²) in [5.41, 5.74) is 4.15. The van der Waals surface area contributed by atoms with Crippen molar-refractivity contribution in [2.75, 3.05) is 0 Å². The largest absolute Gasteiger partial charge is 0.355 e. The van der Waals surface area contributed by atoms with Crippen LogP contribution in [-0.4, -0.2) is 25.4 Å². The Balaban J connectivity index is 1.53. The van der Waals surface area contributed by atoms with Gasteiger partial charge in [-0.05, 0) is 52.9 Å². The number of thiophene rings is 1. The average Bonchev–Trinajstić information content (AvgIpc) is 3.36. The molecule has 0 aliphatic carbocycles. The molecule has 0 saturated carbocycles. The van der Waals surface area contributed by atoms with Crippen LogP contribution in [0.5, 0.6) is 0 Å². The third-order valence-electron chi connectivity index (χ3n) is 3.71. The van der Waals surface area contributed by atoms with Gasteiger partial charge in [0.15, 0.2) is 5.76 Å². The summed E-state index contributed by atoms with van der Waals surface area (Å²) in [6.45, 7) is 4.11. The van der Waals surface area contributed by atoms with Crippen LogP contribution in [0.4, 0.5) is 0 Å². The first-order valence-electron chi connectivity index (χ1n) is 7.69. The van der Waals surface area contributed by atoms with Crippen LogP contribution in [-0.2, 0) is 5.75 Å². The highest BCUT2D eigenvalue weighted by atomic mass is 32.2. The number of hydrogen-bond acceptors (Lipinski definition) is 7. The lowest BCUT2D eigenvalue weighted by Crippen LogP contribution is -2.02. The number of rotatable bonds is 5. The molecule has 3 heterocycles. The number of benzene rings is 1. The molecule has 0 spiro atoms. The van der Waals surface area contributed by atoms with Crippen molar-refractivity contribution in [3.8, 4) is 16.3 Å². The number of aromatic nitrogens is 5. The van der Waals surface area contributed by atoms with E-state index in [0.717, 1.165) is 32.7 Å². The first-order valence-corrected chi connectivity index (χ1v) is 9.55. The second kappa shape index (κ2) is 6.81. The van der Waals surface area contributed by atoms with Crippen molar-refractivity contribution in [2.45, 2.75) is 24.8 Å². The van der Waals surface area contributed by atoms with Gasteiger partial charge in [-0.3, -0.25) is 0 Å². The van der Waals surface area contributed by atoms with Crippen molar-refractivity contribution in [3.63, 3.8) is 0 Å². The maximum atomic E-state index is 5.42. The quantitative estimate of drug-likeness (QED) is 0.489. The van der Waals surface area contributed by atoms with Crippen LogP contribution in [0, 0.1) is 13.8 Å². The number of tetrazole rings is 1. The molecule has 25 heavy (non-hydrogen) atoms. The smallest absolute Gasteiger partial charge is 0.214 e. The Labute approximate surface area is 152 Å². The van der Waals surface area contributed by atoms with Gasteiger partial charge in [0, 0.05) is 11.8 Å². The van der Waals surface area contributed by atoms with Crippen LogP contribution in [0.3, 0.4) is 0 Å². The fourth-order valence-electron chi connectivity index (χ4n) is 2.42. The summed E-state index contributed by atoms with van der Waals surface area (Å²) in [5.74, 6) is 1.43. The standard InChI is InChI=1S/C17H15N5OS2/c1-11-5-6-12(2)14(8-11)22-17(18-20-21-22)25-10-13-9-15(23-19-13)16-4-3-7-24-16/h3-9H,10H2,1-2H3. The molecule has 3 aromatic heterocycles. The van der Waals surface area contributed by atoms with Gasteiger partial charge in [0.1, 0.15) is 0 Å². The minimum absolute atomic E-state index is 0.639. The molecule has 8 heteroatoms. The van der Waals surface area contributed by atoms with Gasteiger partial charge in [0.2, 0.25) is 5.16 Å². The summed E-state index contributed by atoms with van der Waals surface area (Å²) in [5, 5.41) is 19.0. The lowest BCUT2D eigenvalue weighted by molar-refractivity contribution is 0.427. The van der Waals surface area contributed by atoms with Gasteiger partial charge in [0.25, 0.3) is 0 Å². The predicted octanol–water partition coefficient (Wildman–Crippen LogP) is 4.29. The molecule has 0 aliphatic heterocycles. The molecule has 0 fully saturated rings. The summed E-state index contributed by atoms with van der Waals surface area (Å²) in [6.07, 6.45) is 0. The molecule has 6 nitrogen and oxygen atoms in total. The number of nitrogens with zero attached hydrogens (tertiary/aromatic N) is 5. The second-order valence-electron chi connectivity index (χ2n) is 5.61. The molecule has 0 atom stereocenters. The molecule has 126 valence electrons. The fourth-order valence-corrected chi connectivity index (χ4v) is 3.86. The van der Waals surface area contributed by atoms with Gasteiger partial charge in [0.05, 0.1) is 16.3 Å². The summed E-state index contributed by atoms with van der Waals surface area (Å²) in [6, 6.07) is 12.2. The van der Waals surface area contributed by atoms with Gasteiger partial charge in [-0.1, -0.05) is 35.1 Å². The number of thioether (sulfide) groups is 1. The lowest BCUT2D eigenvalue weighted by atomic mass is 10.1. The van der Waals surface area contributed by atoms with Gasteiger partial charge < -0.3 is 4.52 Å². The minimum atomic E-state index is 0.639. The van der Waals surface area contributed by atoms with Gasteiger partial charge >= 0.3 is 0 Å². The Bertz CT molecular complexity index is 990. The third kappa shape index (κ3) is 3.35. The van der Waals surface area contributed by atoms with Gasteiger partial charge in [-0.25, -0.2) is 0 Å². The first kappa shape index (κ1) is 16.0. The van der Waals surface area contributed by atoms with E-state index in [9.17, 15) is 0 Å². The van der Waals surface area contributed by atoms with E-state index in [-0.39, 0.29) is 0 Å². The Morgan fingerprint density at radius 1 is 1.20 bits per heavy atom. The Morgan fingerprint density at radius 3 is 2.96 bits per heavy atom. The highest BCUT2D eigenvalue weighted by molar-refractivity contribution is 7.98.